The van der Waals surface area contributed by atoms with E-state index >= 15 is 0 Å². The number of nitrogens with one attached hydrogen (secondary N) is 2. The number of anilines is 2. The Kier molecular flexibility index (Phi) is 11.4. The van der Waals surface area contributed by atoms with Gasteiger partial charge in [-0.2, -0.15) is 0 Å². The molecule has 3 aliphatic heterocycles. The van der Waals surface area contributed by atoms with Gasteiger partial charge < -0.3 is 15.7 Å². The summed E-state index contributed by atoms with van der Waals surface area (Å²) in [4.78, 5) is 42.2. The Morgan fingerprint density at radius 3 is 2.60 bits per heavy atom. The molecule has 3 N–H and O–H groups in total. The third-order valence-corrected chi connectivity index (χ3v) is 11.9. The Morgan fingerprint density at radius 2 is 1.87 bits per heavy atom. The molecule has 0 spiro atoms. The average molecular weight is 771 g/mol. The zero-order valence-corrected chi connectivity index (χ0v) is 31.8. The highest BCUT2D eigenvalue weighted by atomic mass is 35.5. The van der Waals surface area contributed by atoms with Crippen molar-refractivity contribution in [1.29, 1.82) is 0 Å². The molecule has 2 aromatic heterocycles. The first-order valence-electron chi connectivity index (χ1n) is 17.9. The Labute approximate surface area is 322 Å². The van der Waals surface area contributed by atoms with Crippen LogP contribution in [0.2, 0.25) is 10.0 Å². The van der Waals surface area contributed by atoms with Gasteiger partial charge in [-0.3, -0.25) is 19.4 Å². The van der Waals surface area contributed by atoms with E-state index < -0.39 is 5.97 Å². The Morgan fingerprint density at radius 1 is 1.09 bits per heavy atom. The van der Waals surface area contributed by atoms with Crippen molar-refractivity contribution in [2.45, 2.75) is 51.6 Å². The molecule has 1 amide bonds. The molecule has 0 aliphatic carbocycles. The van der Waals surface area contributed by atoms with E-state index in [-0.39, 0.29) is 17.9 Å². The molecule has 7 rings (SSSR count). The Bertz CT molecular complexity index is 2170. The fourth-order valence-electron chi connectivity index (χ4n) is 7.19. The van der Waals surface area contributed by atoms with E-state index in [0.29, 0.717) is 60.3 Å². The lowest BCUT2D eigenvalue weighted by atomic mass is 9.97. The van der Waals surface area contributed by atoms with Crippen LogP contribution in [0.15, 0.2) is 83.3 Å². The number of fused-ring (bicyclic) bond motifs is 1. The van der Waals surface area contributed by atoms with Crippen LogP contribution >= 0.6 is 34.5 Å². The second-order valence-electron chi connectivity index (χ2n) is 13.7. The number of amides is 1. The van der Waals surface area contributed by atoms with Gasteiger partial charge in [-0.25, -0.2) is 15.0 Å². The molecule has 3 aliphatic rings. The number of aliphatic imine (C=N–C) groups is 1. The lowest BCUT2D eigenvalue weighted by molar-refractivity contribution is -0.143. The summed E-state index contributed by atoms with van der Waals surface area (Å²) >= 11 is 15.9. The van der Waals surface area contributed by atoms with Crippen molar-refractivity contribution in [3.63, 3.8) is 0 Å². The number of aliphatic carboxylic acids is 1. The van der Waals surface area contributed by atoms with Crippen LogP contribution in [0.1, 0.15) is 49.6 Å². The number of thiazole rings is 1. The average Bonchev–Trinajstić information content (AvgIpc) is 3.70. The summed E-state index contributed by atoms with van der Waals surface area (Å²) in [7, 11) is 0. The summed E-state index contributed by atoms with van der Waals surface area (Å²) in [6.07, 6.45) is 7.04. The number of carboxylic acids is 1. The molecule has 274 valence electrons. The molecule has 53 heavy (non-hydrogen) atoms. The van der Waals surface area contributed by atoms with Crippen molar-refractivity contribution in [3.05, 3.63) is 98.9 Å². The van der Waals surface area contributed by atoms with Crippen LogP contribution in [-0.4, -0.2) is 81.2 Å². The second kappa shape index (κ2) is 16.3. The highest BCUT2D eigenvalue weighted by molar-refractivity contribution is 7.18. The SMILES string of the molecule is C=CC1=C=C(N=C(C)c2cccc(-c3cccc(Nc4nccc5sc(CN6CCC(C(=O)O)CC6)nc45)c3Cl)c2Cl)CCN(C[C@@H]2CCC(=O)N2)C1. The van der Waals surface area contributed by atoms with Crippen LogP contribution in [0.5, 0.6) is 0 Å². The van der Waals surface area contributed by atoms with E-state index in [2.05, 4.69) is 37.7 Å². The van der Waals surface area contributed by atoms with Gasteiger partial charge in [-0.1, -0.05) is 71.9 Å². The third kappa shape index (κ3) is 8.57. The number of carbonyl (C=O) groups excluding carboxylic acids is 1. The molecular formula is C40H41Cl2N7O3S. The molecule has 2 fully saturated rings. The van der Waals surface area contributed by atoms with Crippen LogP contribution in [0.25, 0.3) is 21.3 Å². The van der Waals surface area contributed by atoms with E-state index in [1.807, 2.05) is 55.5 Å². The summed E-state index contributed by atoms with van der Waals surface area (Å²) in [5, 5.41) is 17.8. The van der Waals surface area contributed by atoms with Crippen molar-refractivity contribution in [3.8, 4) is 11.1 Å². The first kappa shape index (κ1) is 37.0. The summed E-state index contributed by atoms with van der Waals surface area (Å²) in [6, 6.07) is 13.8. The van der Waals surface area contributed by atoms with Crippen molar-refractivity contribution < 1.29 is 14.7 Å². The van der Waals surface area contributed by atoms with Gasteiger partial charge in [0.2, 0.25) is 5.91 Å². The minimum absolute atomic E-state index is 0.121. The van der Waals surface area contributed by atoms with Crippen LogP contribution in [-0.2, 0) is 16.1 Å². The molecule has 1 atom stereocenters. The van der Waals surface area contributed by atoms with Gasteiger partial charge >= 0.3 is 5.97 Å². The predicted molar refractivity (Wildman–Crippen MR) is 213 cm³/mol. The normalized spacial score (nSPS) is 19.1. The monoisotopic (exact) mass is 769 g/mol. The van der Waals surface area contributed by atoms with Gasteiger partial charge in [0.1, 0.15) is 10.5 Å². The molecule has 2 aromatic carbocycles. The number of halogens is 2. The molecule has 0 bridgehead atoms. The highest BCUT2D eigenvalue weighted by Gasteiger charge is 2.26. The number of carboxylic acid groups (broad SMARTS) is 1. The fraction of sp³-hybridized carbons (Fsp3) is 0.350. The maximum absolute atomic E-state index is 11.7. The number of hydrogen-bond acceptors (Lipinski definition) is 9. The standard InChI is InChI=1S/C40H41Cl2N7O3S/c1-3-25-20-27(15-19-49(21-25)22-28-10-11-34(50)45-28)44-24(2)29-6-4-7-30(36(29)41)31-8-5-9-32(37(31)42)46-39-38-33(12-16-43-39)53-35(47-38)23-48-17-13-26(14-18-48)40(51)52/h3-9,12,16,26,28H,1,10-11,13-15,17-19,21-23H2,2H3,(H,43,46)(H,45,50)(H,51,52)/t28-/m0/s1. The van der Waals surface area contributed by atoms with Crippen LogP contribution in [0, 0.1) is 5.92 Å². The molecule has 0 unspecified atom stereocenters. The Hall–Kier alpha value is -4.35. The second-order valence-corrected chi connectivity index (χ2v) is 15.6. The lowest BCUT2D eigenvalue weighted by Gasteiger charge is -2.29. The number of benzene rings is 2. The van der Waals surface area contributed by atoms with Gasteiger partial charge in [-0.05, 0) is 51.4 Å². The fourth-order valence-corrected chi connectivity index (χ4v) is 8.83. The minimum Gasteiger partial charge on any atom is -0.481 e. The minimum atomic E-state index is -0.710. The van der Waals surface area contributed by atoms with E-state index in [0.717, 1.165) is 81.5 Å². The summed E-state index contributed by atoms with van der Waals surface area (Å²) in [5.41, 5.74) is 9.82. The molecular weight excluding hydrogens is 729 g/mol. The van der Waals surface area contributed by atoms with Crippen molar-refractivity contribution in [1.82, 2.24) is 25.1 Å². The van der Waals surface area contributed by atoms with E-state index in [4.69, 9.17) is 33.2 Å². The zero-order chi connectivity index (χ0) is 37.1. The number of rotatable bonds is 11. The number of carbonyl (C=O) groups is 2. The molecule has 0 saturated carbocycles. The number of nitrogens with zero attached hydrogens (tertiary/aromatic N) is 5. The van der Waals surface area contributed by atoms with E-state index in [9.17, 15) is 14.7 Å². The predicted octanol–water partition coefficient (Wildman–Crippen LogP) is 8.09. The number of aromatic nitrogens is 2. The Balaban J connectivity index is 1.09. The summed E-state index contributed by atoms with van der Waals surface area (Å²) in [6.45, 7) is 10.4. The van der Waals surface area contributed by atoms with Gasteiger partial charge in [0.05, 0.1) is 38.6 Å². The van der Waals surface area contributed by atoms with Crippen molar-refractivity contribution >= 4 is 73.8 Å². The lowest BCUT2D eigenvalue weighted by Crippen LogP contribution is -2.39. The molecule has 10 nitrogen and oxygen atoms in total. The van der Waals surface area contributed by atoms with Crippen molar-refractivity contribution in [2.24, 2.45) is 10.9 Å². The maximum atomic E-state index is 11.7. The highest BCUT2D eigenvalue weighted by Crippen LogP contribution is 2.40. The van der Waals surface area contributed by atoms with E-state index in [1.165, 1.54) is 0 Å². The molecule has 4 aromatic rings. The van der Waals surface area contributed by atoms with Crippen LogP contribution in [0.3, 0.4) is 0 Å². The first-order chi connectivity index (χ1) is 25.6. The number of piperidine rings is 1. The topological polar surface area (TPSA) is 123 Å². The van der Waals surface area contributed by atoms with Crippen molar-refractivity contribution in [2.75, 3.05) is 38.0 Å². The summed E-state index contributed by atoms with van der Waals surface area (Å²) < 4.78 is 1.00. The number of hydrogen-bond donors (Lipinski definition) is 3. The first-order valence-corrected chi connectivity index (χ1v) is 19.4. The number of likely N-dealkylation sites (tertiary alicyclic amines) is 1. The molecule has 2 saturated heterocycles. The van der Waals surface area contributed by atoms with Gasteiger partial charge in [0, 0.05) is 72.7 Å². The van der Waals surface area contributed by atoms with E-state index in [1.54, 1.807) is 17.5 Å². The smallest absolute Gasteiger partial charge is 0.306 e. The molecule has 5 heterocycles. The van der Waals surface area contributed by atoms with Gasteiger partial charge in [-0.15, -0.1) is 11.3 Å². The third-order valence-electron chi connectivity index (χ3n) is 10.1. The zero-order valence-electron chi connectivity index (χ0n) is 29.5. The van der Waals surface area contributed by atoms with Gasteiger partial charge in [0.25, 0.3) is 0 Å². The summed E-state index contributed by atoms with van der Waals surface area (Å²) in [5.74, 6) is -0.253. The quantitative estimate of drug-likeness (QED) is 0.103. The van der Waals surface area contributed by atoms with Gasteiger partial charge in [0.15, 0.2) is 5.82 Å². The largest absolute Gasteiger partial charge is 0.481 e. The molecule has 0 radical (unpaired) electrons. The maximum Gasteiger partial charge on any atom is 0.306 e. The van der Waals surface area contributed by atoms with Crippen LogP contribution in [0.4, 0.5) is 11.5 Å². The van der Waals surface area contributed by atoms with Crippen LogP contribution < -0.4 is 10.6 Å². The molecule has 13 heteroatoms. The number of pyridine rings is 1.